The van der Waals surface area contributed by atoms with Gasteiger partial charge in [0.25, 0.3) is 0 Å². The van der Waals surface area contributed by atoms with E-state index in [0.29, 0.717) is 27.8 Å². The molecule has 0 heterocycles. The Kier molecular flexibility index (Phi) is 3.20. The zero-order valence-corrected chi connectivity index (χ0v) is 9.96. The van der Waals surface area contributed by atoms with Crippen molar-refractivity contribution >= 4 is 17.3 Å². The van der Waals surface area contributed by atoms with Crippen LogP contribution in [-0.4, -0.2) is 0 Å². The first-order valence-electron chi connectivity index (χ1n) is 5.05. The highest BCUT2D eigenvalue weighted by Crippen LogP contribution is 2.31. The highest BCUT2D eigenvalue weighted by atomic mass is 35.5. The molecule has 0 radical (unpaired) electrons. The maximum Gasteiger partial charge on any atom is 0.146 e. The van der Waals surface area contributed by atoms with Crippen molar-refractivity contribution in [1.29, 1.82) is 0 Å². The van der Waals surface area contributed by atoms with Gasteiger partial charge in [0, 0.05) is 5.69 Å². The van der Waals surface area contributed by atoms with Crippen molar-refractivity contribution in [2.45, 2.75) is 6.92 Å². The maximum absolute atomic E-state index is 13.1. The number of aryl methyl sites for hydroxylation is 1. The van der Waals surface area contributed by atoms with Crippen molar-refractivity contribution < 1.29 is 9.13 Å². The van der Waals surface area contributed by atoms with Gasteiger partial charge >= 0.3 is 0 Å². The Hall–Kier alpha value is -1.74. The van der Waals surface area contributed by atoms with Gasteiger partial charge in [-0.05, 0) is 48.9 Å². The summed E-state index contributed by atoms with van der Waals surface area (Å²) in [6.07, 6.45) is 0. The van der Waals surface area contributed by atoms with Crippen LogP contribution < -0.4 is 10.5 Å². The normalized spacial score (nSPS) is 10.3. The molecule has 17 heavy (non-hydrogen) atoms. The maximum atomic E-state index is 13.1. The lowest BCUT2D eigenvalue weighted by Gasteiger charge is -2.08. The molecule has 0 aliphatic heterocycles. The van der Waals surface area contributed by atoms with E-state index in [0.717, 1.165) is 0 Å². The van der Waals surface area contributed by atoms with Gasteiger partial charge in [-0.3, -0.25) is 0 Å². The number of nitrogen functional groups attached to an aromatic ring is 1. The zero-order chi connectivity index (χ0) is 12.4. The second-order valence-electron chi connectivity index (χ2n) is 3.70. The molecular formula is C13H11ClFNO. The second-order valence-corrected chi connectivity index (χ2v) is 4.11. The second kappa shape index (κ2) is 4.63. The summed E-state index contributed by atoms with van der Waals surface area (Å²) < 4.78 is 18.6. The molecule has 0 amide bonds. The van der Waals surface area contributed by atoms with Crippen LogP contribution in [0.3, 0.4) is 0 Å². The van der Waals surface area contributed by atoms with Gasteiger partial charge in [0.2, 0.25) is 0 Å². The molecule has 0 fully saturated rings. The average Bonchev–Trinajstić information content (AvgIpc) is 2.27. The Balaban J connectivity index is 2.28. The summed E-state index contributed by atoms with van der Waals surface area (Å²) in [5.41, 5.74) is 6.66. The number of benzene rings is 2. The average molecular weight is 252 g/mol. The van der Waals surface area contributed by atoms with Crippen LogP contribution in [0.15, 0.2) is 36.4 Å². The van der Waals surface area contributed by atoms with Gasteiger partial charge in [0.15, 0.2) is 0 Å². The first-order valence-corrected chi connectivity index (χ1v) is 5.43. The minimum absolute atomic E-state index is 0.263. The van der Waals surface area contributed by atoms with Gasteiger partial charge < -0.3 is 10.5 Å². The van der Waals surface area contributed by atoms with Crippen LogP contribution in [0.4, 0.5) is 10.1 Å². The third-order valence-electron chi connectivity index (χ3n) is 2.31. The largest absolute Gasteiger partial charge is 0.456 e. The topological polar surface area (TPSA) is 35.2 Å². The van der Waals surface area contributed by atoms with Crippen LogP contribution in [0.25, 0.3) is 0 Å². The first-order chi connectivity index (χ1) is 8.06. The summed E-state index contributed by atoms with van der Waals surface area (Å²) in [6.45, 7) is 1.67. The summed E-state index contributed by atoms with van der Waals surface area (Å²) in [7, 11) is 0. The highest BCUT2D eigenvalue weighted by Gasteiger charge is 2.05. The van der Waals surface area contributed by atoms with E-state index in [1.165, 1.54) is 6.07 Å². The molecule has 0 saturated heterocycles. The van der Waals surface area contributed by atoms with E-state index in [1.54, 1.807) is 37.3 Å². The molecule has 0 aliphatic rings. The van der Waals surface area contributed by atoms with Gasteiger partial charge in [0.05, 0.1) is 5.02 Å². The smallest absolute Gasteiger partial charge is 0.146 e. The van der Waals surface area contributed by atoms with E-state index in [9.17, 15) is 4.39 Å². The molecule has 0 aliphatic carbocycles. The molecule has 0 spiro atoms. The fraction of sp³-hybridized carbons (Fsp3) is 0.0769. The number of hydrogen-bond acceptors (Lipinski definition) is 2. The van der Waals surface area contributed by atoms with Crippen molar-refractivity contribution in [2.75, 3.05) is 5.73 Å². The van der Waals surface area contributed by atoms with E-state index < -0.39 is 0 Å². The molecular weight excluding hydrogens is 241 g/mol. The van der Waals surface area contributed by atoms with Crippen LogP contribution in [0.1, 0.15) is 5.56 Å². The third kappa shape index (κ3) is 2.68. The summed E-state index contributed by atoms with van der Waals surface area (Å²) in [4.78, 5) is 0. The Morgan fingerprint density at radius 2 is 1.94 bits per heavy atom. The van der Waals surface area contributed by atoms with Crippen LogP contribution >= 0.6 is 11.6 Å². The van der Waals surface area contributed by atoms with E-state index in [4.69, 9.17) is 22.1 Å². The molecule has 2 nitrogen and oxygen atoms in total. The van der Waals surface area contributed by atoms with E-state index in [2.05, 4.69) is 0 Å². The molecule has 0 saturated carbocycles. The highest BCUT2D eigenvalue weighted by molar-refractivity contribution is 6.32. The number of hydrogen-bond donors (Lipinski definition) is 1. The van der Waals surface area contributed by atoms with E-state index in [1.807, 2.05) is 0 Å². The minimum atomic E-state index is -0.263. The zero-order valence-electron chi connectivity index (χ0n) is 9.21. The summed E-state index contributed by atoms with van der Waals surface area (Å²) in [5.74, 6) is 0.767. The Bertz CT molecular complexity index is 557. The number of anilines is 1. The lowest BCUT2D eigenvalue weighted by atomic mass is 10.2. The fourth-order valence-corrected chi connectivity index (χ4v) is 1.64. The molecule has 2 N–H and O–H groups in total. The summed E-state index contributed by atoms with van der Waals surface area (Å²) >= 11 is 5.97. The number of ether oxygens (including phenoxy) is 1. The lowest BCUT2D eigenvalue weighted by Crippen LogP contribution is -1.90. The number of rotatable bonds is 2. The predicted molar refractivity (Wildman–Crippen MR) is 67.1 cm³/mol. The van der Waals surface area contributed by atoms with Gasteiger partial charge in [-0.1, -0.05) is 11.6 Å². The fourth-order valence-electron chi connectivity index (χ4n) is 1.41. The van der Waals surface area contributed by atoms with Crippen LogP contribution in [0, 0.1) is 12.7 Å². The third-order valence-corrected chi connectivity index (χ3v) is 2.61. The molecule has 0 unspecified atom stereocenters. The van der Waals surface area contributed by atoms with E-state index >= 15 is 0 Å². The predicted octanol–water partition coefficient (Wildman–Crippen LogP) is 4.16. The molecule has 2 aromatic carbocycles. The van der Waals surface area contributed by atoms with E-state index in [-0.39, 0.29) is 5.82 Å². The Morgan fingerprint density at radius 1 is 1.18 bits per heavy atom. The van der Waals surface area contributed by atoms with Crippen LogP contribution in [0.2, 0.25) is 5.02 Å². The van der Waals surface area contributed by atoms with Gasteiger partial charge in [0.1, 0.15) is 17.3 Å². The van der Waals surface area contributed by atoms with Crippen LogP contribution in [-0.2, 0) is 0 Å². The number of nitrogens with two attached hydrogens (primary N) is 1. The molecule has 4 heteroatoms. The molecule has 0 aromatic heterocycles. The molecule has 0 bridgehead atoms. The van der Waals surface area contributed by atoms with Gasteiger partial charge in [-0.15, -0.1) is 0 Å². The van der Waals surface area contributed by atoms with Crippen molar-refractivity contribution in [2.24, 2.45) is 0 Å². The molecule has 2 aromatic rings. The molecule has 2 rings (SSSR count). The minimum Gasteiger partial charge on any atom is -0.456 e. The van der Waals surface area contributed by atoms with Crippen molar-refractivity contribution in [1.82, 2.24) is 0 Å². The quantitative estimate of drug-likeness (QED) is 0.814. The number of halogens is 2. The van der Waals surface area contributed by atoms with Gasteiger partial charge in [-0.2, -0.15) is 0 Å². The van der Waals surface area contributed by atoms with Gasteiger partial charge in [-0.25, -0.2) is 4.39 Å². The molecule has 88 valence electrons. The standard InChI is InChI=1S/C13H11ClFNO/c1-8-6-10(3-4-12(8)15)17-13-5-2-9(16)7-11(13)14/h2-7H,16H2,1H3. The van der Waals surface area contributed by atoms with Crippen LogP contribution in [0.5, 0.6) is 11.5 Å². The Labute approximate surface area is 104 Å². The Morgan fingerprint density at radius 3 is 2.59 bits per heavy atom. The van der Waals surface area contributed by atoms with Crippen molar-refractivity contribution in [3.05, 3.63) is 52.8 Å². The SMILES string of the molecule is Cc1cc(Oc2ccc(N)cc2Cl)ccc1F. The summed E-state index contributed by atoms with van der Waals surface area (Å²) in [6, 6.07) is 9.49. The van der Waals surface area contributed by atoms with Crippen molar-refractivity contribution in [3.63, 3.8) is 0 Å². The lowest BCUT2D eigenvalue weighted by molar-refractivity contribution is 0.480. The molecule has 0 atom stereocenters. The van der Waals surface area contributed by atoms with Crippen molar-refractivity contribution in [3.8, 4) is 11.5 Å². The first kappa shape index (κ1) is 11.7. The summed E-state index contributed by atoms with van der Waals surface area (Å²) in [5, 5.41) is 0.423. The monoisotopic (exact) mass is 251 g/mol.